The highest BCUT2D eigenvalue weighted by molar-refractivity contribution is 9.10. The smallest absolute Gasteiger partial charge is 0.124 e. The van der Waals surface area contributed by atoms with E-state index in [2.05, 4.69) is 41.8 Å². The lowest BCUT2D eigenvalue weighted by molar-refractivity contribution is 0.474. The maximum atomic E-state index is 9.92. The molecule has 0 amide bonds. The number of nitrogens with zero attached hydrogens (tertiary/aromatic N) is 2. The average Bonchev–Trinajstić information content (AvgIpc) is 2.64. The minimum Gasteiger partial charge on any atom is -0.507 e. The van der Waals surface area contributed by atoms with Gasteiger partial charge in [0, 0.05) is 32.5 Å². The van der Waals surface area contributed by atoms with Crippen LogP contribution in [0.2, 0.25) is 0 Å². The first-order chi connectivity index (χ1) is 12.5. The Morgan fingerprint density at radius 1 is 0.654 bits per heavy atom. The normalized spacial score (nSPS) is 11.5. The molecule has 0 saturated carbocycles. The van der Waals surface area contributed by atoms with Crippen LogP contribution in [0.1, 0.15) is 11.1 Å². The highest BCUT2D eigenvalue weighted by Crippen LogP contribution is 2.29. The highest BCUT2D eigenvalue weighted by atomic mass is 79.9. The van der Waals surface area contributed by atoms with Gasteiger partial charge in [-0.2, -0.15) is 0 Å². The lowest BCUT2D eigenvalue weighted by Crippen LogP contribution is -1.84. The van der Waals surface area contributed by atoms with Crippen LogP contribution in [0.4, 0.5) is 11.4 Å². The molecular formula is C20H14Br2N2O2. The highest BCUT2D eigenvalue weighted by Gasteiger charge is 2.02. The van der Waals surface area contributed by atoms with Crippen molar-refractivity contribution in [1.82, 2.24) is 0 Å². The molecule has 0 bridgehead atoms. The molecule has 3 rings (SSSR count). The summed E-state index contributed by atoms with van der Waals surface area (Å²) in [6.45, 7) is 0. The van der Waals surface area contributed by atoms with Crippen molar-refractivity contribution in [1.29, 1.82) is 0 Å². The van der Waals surface area contributed by atoms with Gasteiger partial charge in [0.1, 0.15) is 11.5 Å². The molecule has 0 fully saturated rings. The van der Waals surface area contributed by atoms with Gasteiger partial charge in [0.05, 0.1) is 11.4 Å². The second-order valence-electron chi connectivity index (χ2n) is 5.41. The van der Waals surface area contributed by atoms with Gasteiger partial charge in [-0.3, -0.25) is 9.98 Å². The van der Waals surface area contributed by atoms with Crippen molar-refractivity contribution in [2.75, 3.05) is 0 Å². The maximum Gasteiger partial charge on any atom is 0.124 e. The molecule has 0 atom stereocenters. The van der Waals surface area contributed by atoms with E-state index in [4.69, 9.17) is 0 Å². The number of phenols is 2. The Bertz CT molecular complexity index is 920. The quantitative estimate of drug-likeness (QED) is 0.448. The molecule has 3 aromatic carbocycles. The summed E-state index contributed by atoms with van der Waals surface area (Å²) in [7, 11) is 0. The molecule has 0 heterocycles. The topological polar surface area (TPSA) is 65.2 Å². The molecule has 4 nitrogen and oxygen atoms in total. The molecule has 6 heteroatoms. The van der Waals surface area contributed by atoms with Crippen LogP contribution in [0.5, 0.6) is 11.5 Å². The Kier molecular flexibility index (Phi) is 5.85. The third-order valence-electron chi connectivity index (χ3n) is 3.55. The van der Waals surface area contributed by atoms with Crippen molar-refractivity contribution in [2.24, 2.45) is 9.98 Å². The maximum absolute atomic E-state index is 9.92. The lowest BCUT2D eigenvalue weighted by atomic mass is 10.2. The molecule has 130 valence electrons. The Hall–Kier alpha value is -2.44. The van der Waals surface area contributed by atoms with E-state index in [0.717, 1.165) is 8.95 Å². The molecule has 26 heavy (non-hydrogen) atoms. The van der Waals surface area contributed by atoms with E-state index >= 15 is 0 Å². The molecule has 0 unspecified atom stereocenters. The first-order valence-electron chi connectivity index (χ1n) is 7.67. The molecule has 0 saturated heterocycles. The number of rotatable bonds is 4. The Labute approximate surface area is 167 Å². The van der Waals surface area contributed by atoms with Gasteiger partial charge in [-0.25, -0.2) is 0 Å². The van der Waals surface area contributed by atoms with Crippen molar-refractivity contribution in [3.63, 3.8) is 0 Å². The van der Waals surface area contributed by atoms with Crippen molar-refractivity contribution in [3.8, 4) is 11.5 Å². The fourth-order valence-electron chi connectivity index (χ4n) is 2.22. The summed E-state index contributed by atoms with van der Waals surface area (Å²) < 4.78 is 1.71. The molecule has 0 aliphatic heterocycles. The molecular weight excluding hydrogens is 460 g/mol. The minimum atomic E-state index is 0.150. The monoisotopic (exact) mass is 472 g/mol. The van der Waals surface area contributed by atoms with E-state index in [1.165, 1.54) is 0 Å². The summed E-state index contributed by atoms with van der Waals surface area (Å²) in [5, 5.41) is 19.8. The van der Waals surface area contributed by atoms with Crippen LogP contribution in [0, 0.1) is 0 Å². The van der Waals surface area contributed by atoms with Crippen molar-refractivity contribution >= 4 is 55.7 Å². The number of hydrogen-bond acceptors (Lipinski definition) is 4. The minimum absolute atomic E-state index is 0.150. The number of para-hydroxylation sites is 2. The number of benzene rings is 3. The number of aliphatic imine (C=N–C) groups is 2. The first-order valence-corrected chi connectivity index (χ1v) is 9.26. The SMILES string of the molecule is Oc1ccc(Br)cc1/C=N\c1ccccc1/N=C/c1cc(Br)ccc1O. The summed E-state index contributed by atoms with van der Waals surface area (Å²) in [6, 6.07) is 17.7. The van der Waals surface area contributed by atoms with Crippen LogP contribution in [0.25, 0.3) is 0 Å². The van der Waals surface area contributed by atoms with Gasteiger partial charge in [-0.05, 0) is 48.5 Å². The molecule has 0 radical (unpaired) electrons. The van der Waals surface area contributed by atoms with Crippen molar-refractivity contribution in [2.45, 2.75) is 0 Å². The zero-order valence-corrected chi connectivity index (χ0v) is 16.6. The van der Waals surface area contributed by atoms with Gasteiger partial charge in [0.25, 0.3) is 0 Å². The summed E-state index contributed by atoms with van der Waals surface area (Å²) >= 11 is 6.75. The molecule has 0 aromatic heterocycles. The fraction of sp³-hybridized carbons (Fsp3) is 0. The van der Waals surface area contributed by atoms with E-state index < -0.39 is 0 Å². The fourth-order valence-corrected chi connectivity index (χ4v) is 2.98. The van der Waals surface area contributed by atoms with Gasteiger partial charge in [0.15, 0.2) is 0 Å². The van der Waals surface area contributed by atoms with Gasteiger partial charge >= 0.3 is 0 Å². The Balaban J connectivity index is 1.91. The molecule has 0 aliphatic rings. The van der Waals surface area contributed by atoms with Crippen LogP contribution in [-0.4, -0.2) is 22.6 Å². The summed E-state index contributed by atoms with van der Waals surface area (Å²) in [4.78, 5) is 8.88. The van der Waals surface area contributed by atoms with Crippen LogP contribution >= 0.6 is 31.9 Å². The molecule has 0 aliphatic carbocycles. The zero-order valence-electron chi connectivity index (χ0n) is 13.5. The number of phenolic OH excluding ortho intramolecular Hbond substituents is 2. The van der Waals surface area contributed by atoms with Crippen molar-refractivity contribution in [3.05, 3.63) is 80.7 Å². The van der Waals surface area contributed by atoms with E-state index in [1.807, 2.05) is 24.3 Å². The number of hydrogen-bond donors (Lipinski definition) is 2. The first kappa shape index (κ1) is 18.4. The lowest BCUT2D eigenvalue weighted by Gasteiger charge is -2.03. The molecule has 3 aromatic rings. The average molecular weight is 474 g/mol. The Morgan fingerprint density at radius 2 is 1.08 bits per heavy atom. The van der Waals surface area contributed by atoms with Gasteiger partial charge in [-0.1, -0.05) is 44.0 Å². The van der Waals surface area contributed by atoms with Crippen LogP contribution in [-0.2, 0) is 0 Å². The summed E-state index contributed by atoms with van der Waals surface area (Å²) in [6.07, 6.45) is 3.18. The predicted octanol–water partition coefficient (Wildman–Crippen LogP) is 6.12. The van der Waals surface area contributed by atoms with E-state index in [9.17, 15) is 10.2 Å². The van der Waals surface area contributed by atoms with Crippen LogP contribution < -0.4 is 0 Å². The van der Waals surface area contributed by atoms with Crippen LogP contribution in [0.15, 0.2) is 79.6 Å². The predicted molar refractivity (Wildman–Crippen MR) is 113 cm³/mol. The second kappa shape index (κ2) is 8.29. The number of halogens is 2. The van der Waals surface area contributed by atoms with Gasteiger partial charge < -0.3 is 10.2 Å². The zero-order chi connectivity index (χ0) is 18.5. The van der Waals surface area contributed by atoms with Gasteiger partial charge in [0.2, 0.25) is 0 Å². The Morgan fingerprint density at radius 3 is 1.50 bits per heavy atom. The molecule has 0 spiro atoms. The molecule has 2 N–H and O–H groups in total. The van der Waals surface area contributed by atoms with Crippen LogP contribution in [0.3, 0.4) is 0 Å². The van der Waals surface area contributed by atoms with E-state index in [0.29, 0.717) is 22.5 Å². The van der Waals surface area contributed by atoms with E-state index in [-0.39, 0.29) is 11.5 Å². The second-order valence-corrected chi connectivity index (χ2v) is 7.24. The standard InChI is InChI=1S/C20H14Br2N2O2/c21-15-5-7-19(25)13(9-15)11-23-17-3-1-2-4-18(17)24-12-14-10-16(22)6-8-20(14)26/h1-12,25-26H/b23-11-,24-12+. The van der Waals surface area contributed by atoms with Crippen molar-refractivity contribution < 1.29 is 10.2 Å². The van der Waals surface area contributed by atoms with E-state index in [1.54, 1.807) is 48.8 Å². The third-order valence-corrected chi connectivity index (χ3v) is 4.53. The number of aromatic hydroxyl groups is 2. The largest absolute Gasteiger partial charge is 0.507 e. The van der Waals surface area contributed by atoms with Gasteiger partial charge in [-0.15, -0.1) is 0 Å². The summed E-state index contributed by atoms with van der Waals surface area (Å²) in [5.41, 5.74) is 2.50. The summed E-state index contributed by atoms with van der Waals surface area (Å²) in [5.74, 6) is 0.300. The third kappa shape index (κ3) is 4.59.